The number of aliphatic hydroxyl groups excluding tert-OH is 1. The van der Waals surface area contributed by atoms with Crippen LogP contribution in [-0.2, 0) is 0 Å². The molecule has 2 rings (SSSR count). The van der Waals surface area contributed by atoms with Gasteiger partial charge in [0.1, 0.15) is 17.5 Å². The van der Waals surface area contributed by atoms with Crippen LogP contribution in [0, 0.1) is 5.82 Å². The van der Waals surface area contributed by atoms with Gasteiger partial charge in [-0.25, -0.2) is 14.4 Å². The van der Waals surface area contributed by atoms with E-state index in [2.05, 4.69) is 9.97 Å². The summed E-state index contributed by atoms with van der Waals surface area (Å²) in [5.41, 5.74) is 11.6. The van der Waals surface area contributed by atoms with E-state index in [9.17, 15) is 9.50 Å². The lowest BCUT2D eigenvalue weighted by Gasteiger charge is -2.11. The first-order valence-corrected chi connectivity index (χ1v) is 6.33. The first-order valence-electron chi connectivity index (χ1n) is 5.51. The molecule has 0 unspecified atom stereocenters. The Morgan fingerprint density at radius 1 is 1.26 bits per heavy atom. The number of aromatic nitrogens is 2. The molecule has 1 aromatic heterocycles. The molecule has 0 spiro atoms. The van der Waals surface area contributed by atoms with Crippen LogP contribution in [-0.4, -0.2) is 15.1 Å². The van der Waals surface area contributed by atoms with Gasteiger partial charge in [0.25, 0.3) is 0 Å². The number of anilines is 2. The molecule has 1 atom stereocenters. The largest absolute Gasteiger partial charge is 0.389 e. The first kappa shape index (κ1) is 13.6. The Hall–Kier alpha value is -1.86. The molecule has 0 aliphatic rings. The van der Waals surface area contributed by atoms with E-state index in [1.807, 2.05) is 0 Å². The number of halogens is 1. The van der Waals surface area contributed by atoms with Gasteiger partial charge in [0.15, 0.2) is 5.16 Å². The highest BCUT2D eigenvalue weighted by Crippen LogP contribution is 2.34. The molecule has 0 amide bonds. The van der Waals surface area contributed by atoms with Gasteiger partial charge in [-0.3, -0.25) is 0 Å². The highest BCUT2D eigenvalue weighted by atomic mass is 32.2. The molecule has 0 bridgehead atoms. The molecule has 5 nitrogen and oxygen atoms in total. The molecule has 19 heavy (non-hydrogen) atoms. The third-order valence-electron chi connectivity index (χ3n) is 2.39. The summed E-state index contributed by atoms with van der Waals surface area (Å²) in [4.78, 5) is 8.21. The molecule has 0 radical (unpaired) electrons. The maximum Gasteiger partial charge on any atom is 0.196 e. The van der Waals surface area contributed by atoms with Gasteiger partial charge >= 0.3 is 0 Å². The summed E-state index contributed by atoms with van der Waals surface area (Å²) < 4.78 is 13.8. The molecule has 0 saturated carbocycles. The summed E-state index contributed by atoms with van der Waals surface area (Å²) in [6.07, 6.45) is -0.795. The van der Waals surface area contributed by atoms with E-state index in [0.29, 0.717) is 5.56 Å². The Balaban J connectivity index is 2.42. The third kappa shape index (κ3) is 3.12. The molecule has 0 saturated heterocycles. The number of rotatable bonds is 3. The minimum Gasteiger partial charge on any atom is -0.389 e. The Morgan fingerprint density at radius 2 is 1.89 bits per heavy atom. The minimum atomic E-state index is -0.795. The van der Waals surface area contributed by atoms with Crippen molar-refractivity contribution in [2.24, 2.45) is 0 Å². The Kier molecular flexibility index (Phi) is 3.87. The van der Waals surface area contributed by atoms with E-state index in [1.165, 1.54) is 18.2 Å². The quantitative estimate of drug-likeness (QED) is 0.744. The number of benzene rings is 1. The average Bonchev–Trinajstić information content (AvgIpc) is 2.30. The molecule has 5 N–H and O–H groups in total. The maximum atomic E-state index is 13.8. The standard InChI is InChI=1S/C12H13FN4OS/c1-6(18)7-3-2-4-8(13)11(7)19-12-16-9(14)5-10(15)17-12/h2-6,18H,1H3,(H4,14,15,16,17)/t6-/m0/s1. The van der Waals surface area contributed by atoms with Crippen molar-refractivity contribution in [1.82, 2.24) is 9.97 Å². The van der Waals surface area contributed by atoms with Crippen molar-refractivity contribution in [2.45, 2.75) is 23.1 Å². The lowest BCUT2D eigenvalue weighted by atomic mass is 10.1. The highest BCUT2D eigenvalue weighted by molar-refractivity contribution is 7.99. The number of aliphatic hydroxyl groups is 1. The van der Waals surface area contributed by atoms with Gasteiger partial charge in [-0.2, -0.15) is 0 Å². The van der Waals surface area contributed by atoms with Crippen molar-refractivity contribution >= 4 is 23.4 Å². The van der Waals surface area contributed by atoms with Gasteiger partial charge in [0.05, 0.1) is 11.0 Å². The number of nitrogens with zero attached hydrogens (tertiary/aromatic N) is 2. The summed E-state index contributed by atoms with van der Waals surface area (Å²) in [6, 6.07) is 5.91. The van der Waals surface area contributed by atoms with Gasteiger partial charge in [-0.1, -0.05) is 12.1 Å². The summed E-state index contributed by atoms with van der Waals surface area (Å²) in [5, 5.41) is 9.89. The monoisotopic (exact) mass is 280 g/mol. The second-order valence-electron chi connectivity index (χ2n) is 3.94. The second-order valence-corrected chi connectivity index (χ2v) is 4.91. The van der Waals surface area contributed by atoms with E-state index in [-0.39, 0.29) is 21.7 Å². The van der Waals surface area contributed by atoms with Crippen LogP contribution < -0.4 is 11.5 Å². The maximum absolute atomic E-state index is 13.8. The third-order valence-corrected chi connectivity index (χ3v) is 3.39. The van der Waals surface area contributed by atoms with Gasteiger partial charge in [-0.15, -0.1) is 0 Å². The number of nitrogen functional groups attached to an aromatic ring is 2. The van der Waals surface area contributed by atoms with E-state index in [4.69, 9.17) is 11.5 Å². The van der Waals surface area contributed by atoms with Crippen molar-refractivity contribution in [3.63, 3.8) is 0 Å². The van der Waals surface area contributed by atoms with E-state index < -0.39 is 11.9 Å². The lowest BCUT2D eigenvalue weighted by Crippen LogP contribution is -2.01. The first-order chi connectivity index (χ1) is 8.97. The molecular weight excluding hydrogens is 267 g/mol. The Labute approximate surface area is 113 Å². The predicted molar refractivity (Wildman–Crippen MR) is 72.0 cm³/mol. The molecule has 2 aromatic rings. The van der Waals surface area contributed by atoms with Gasteiger partial charge < -0.3 is 16.6 Å². The summed E-state index contributed by atoms with van der Waals surface area (Å²) >= 11 is 0.980. The fourth-order valence-corrected chi connectivity index (χ4v) is 2.57. The lowest BCUT2D eigenvalue weighted by molar-refractivity contribution is 0.195. The van der Waals surface area contributed by atoms with Crippen LogP contribution in [0.5, 0.6) is 0 Å². The highest BCUT2D eigenvalue weighted by Gasteiger charge is 2.15. The van der Waals surface area contributed by atoms with Crippen LogP contribution in [0.2, 0.25) is 0 Å². The Bertz CT molecular complexity index is 586. The number of nitrogens with two attached hydrogens (primary N) is 2. The summed E-state index contributed by atoms with van der Waals surface area (Å²) in [7, 11) is 0. The molecule has 100 valence electrons. The fourth-order valence-electron chi connectivity index (χ4n) is 1.56. The van der Waals surface area contributed by atoms with E-state index in [0.717, 1.165) is 11.8 Å². The zero-order valence-electron chi connectivity index (χ0n) is 10.2. The molecule has 1 heterocycles. The van der Waals surface area contributed by atoms with Crippen LogP contribution >= 0.6 is 11.8 Å². The normalized spacial score (nSPS) is 12.4. The zero-order chi connectivity index (χ0) is 14.0. The molecule has 0 aliphatic carbocycles. The van der Waals surface area contributed by atoms with E-state index >= 15 is 0 Å². The second kappa shape index (κ2) is 5.41. The van der Waals surface area contributed by atoms with Gasteiger partial charge in [-0.05, 0) is 30.3 Å². The minimum absolute atomic E-state index is 0.213. The molecule has 0 fully saturated rings. The number of hydrogen-bond acceptors (Lipinski definition) is 6. The van der Waals surface area contributed by atoms with Crippen LogP contribution in [0.25, 0.3) is 0 Å². The predicted octanol–water partition coefficient (Wildman–Crippen LogP) is 1.98. The van der Waals surface area contributed by atoms with Crippen molar-refractivity contribution in [3.05, 3.63) is 35.6 Å². The summed E-state index contributed by atoms with van der Waals surface area (Å²) in [6.45, 7) is 1.56. The SMILES string of the molecule is C[C@H](O)c1cccc(F)c1Sc1nc(N)cc(N)n1. The van der Waals surface area contributed by atoms with Crippen molar-refractivity contribution < 1.29 is 9.50 Å². The van der Waals surface area contributed by atoms with Crippen molar-refractivity contribution in [3.8, 4) is 0 Å². The smallest absolute Gasteiger partial charge is 0.196 e. The fraction of sp³-hybridized carbons (Fsp3) is 0.167. The van der Waals surface area contributed by atoms with Crippen molar-refractivity contribution in [1.29, 1.82) is 0 Å². The zero-order valence-corrected chi connectivity index (χ0v) is 11.0. The summed E-state index contributed by atoms with van der Waals surface area (Å²) in [5.74, 6) is -0.0251. The van der Waals surface area contributed by atoms with Crippen LogP contribution in [0.1, 0.15) is 18.6 Å². The van der Waals surface area contributed by atoms with E-state index in [1.54, 1.807) is 13.0 Å². The molecular formula is C12H13FN4OS. The Morgan fingerprint density at radius 3 is 2.47 bits per heavy atom. The molecule has 0 aliphatic heterocycles. The van der Waals surface area contributed by atoms with Gasteiger partial charge in [0.2, 0.25) is 0 Å². The van der Waals surface area contributed by atoms with Crippen LogP contribution in [0.4, 0.5) is 16.0 Å². The van der Waals surface area contributed by atoms with Gasteiger partial charge in [0, 0.05) is 6.07 Å². The van der Waals surface area contributed by atoms with Crippen molar-refractivity contribution in [2.75, 3.05) is 11.5 Å². The topological polar surface area (TPSA) is 98.0 Å². The average molecular weight is 280 g/mol. The van der Waals surface area contributed by atoms with Crippen LogP contribution in [0.3, 0.4) is 0 Å². The molecule has 7 heteroatoms. The van der Waals surface area contributed by atoms with Crippen LogP contribution in [0.15, 0.2) is 34.3 Å². The molecule has 1 aromatic carbocycles. The number of hydrogen-bond donors (Lipinski definition) is 3.